The van der Waals surface area contributed by atoms with Crippen LogP contribution in [0.5, 0.6) is 0 Å². The van der Waals surface area contributed by atoms with Crippen LogP contribution < -0.4 is 0 Å². The molecule has 0 bridgehead atoms. The third kappa shape index (κ3) is 8.74. The highest BCUT2D eigenvalue weighted by molar-refractivity contribution is 5.92. The van der Waals surface area contributed by atoms with Crippen LogP contribution in [0, 0.1) is 46.3 Å². The second-order valence-electron chi connectivity index (χ2n) is 19.7. The van der Waals surface area contributed by atoms with Crippen LogP contribution in [0.25, 0.3) is 0 Å². The fourth-order valence-corrected chi connectivity index (χ4v) is 12.2. The molecule has 7 aliphatic rings. The predicted molar refractivity (Wildman–Crippen MR) is 209 cm³/mol. The zero-order valence-electron chi connectivity index (χ0n) is 35.7. The van der Waals surface area contributed by atoms with Crippen LogP contribution in [0.15, 0.2) is 11.6 Å². The summed E-state index contributed by atoms with van der Waals surface area (Å²) in [5.41, 5.74) is 0.640. The van der Waals surface area contributed by atoms with Gasteiger partial charge in [0.05, 0.1) is 12.7 Å². The van der Waals surface area contributed by atoms with Gasteiger partial charge in [-0.3, -0.25) is 9.59 Å². The molecule has 19 heteroatoms. The molecule has 11 N–H and O–H groups in total. The fourth-order valence-electron chi connectivity index (χ4n) is 12.2. The minimum Gasteiger partial charge on any atom is -0.396 e. The van der Waals surface area contributed by atoms with E-state index in [0.29, 0.717) is 38.5 Å². The summed E-state index contributed by atoms with van der Waals surface area (Å²) in [6, 6.07) is 0. The molecule has 3 aliphatic heterocycles. The van der Waals surface area contributed by atoms with Crippen molar-refractivity contribution in [1.82, 2.24) is 0 Å². The molecule has 0 aromatic rings. The number of aliphatic hydroxyl groups excluding tert-OH is 11. The molecule has 3 heterocycles. The maximum atomic E-state index is 13.8. The van der Waals surface area contributed by atoms with Gasteiger partial charge in [0.2, 0.25) is 0 Å². The molecule has 24 atom stereocenters. The second kappa shape index (κ2) is 18.9. The molecule has 6 fully saturated rings. The molecule has 3 saturated carbocycles. The molecule has 19 nitrogen and oxygen atoms in total. The maximum absolute atomic E-state index is 13.8. The van der Waals surface area contributed by atoms with E-state index in [-0.39, 0.29) is 58.6 Å². The lowest BCUT2D eigenvalue weighted by molar-refractivity contribution is -0.405. The van der Waals surface area contributed by atoms with E-state index < -0.39 is 111 Å². The second-order valence-corrected chi connectivity index (χ2v) is 19.7. The van der Waals surface area contributed by atoms with Crippen molar-refractivity contribution in [2.75, 3.05) is 13.2 Å². The molecule has 7 rings (SSSR count). The van der Waals surface area contributed by atoms with Gasteiger partial charge in [-0.15, -0.1) is 0 Å². The lowest BCUT2D eigenvalue weighted by Gasteiger charge is -2.58. The fraction of sp³-hybridized carbons (Fsp3) is 0.907. The summed E-state index contributed by atoms with van der Waals surface area (Å²) >= 11 is 0. The Morgan fingerprint density at radius 1 is 0.742 bits per heavy atom. The quantitative estimate of drug-likeness (QED) is 0.0901. The number of hydrogen-bond acceptors (Lipinski definition) is 19. The number of allylic oxidation sites excluding steroid dienone is 1. The average molecular weight is 889 g/mol. The van der Waals surface area contributed by atoms with E-state index in [1.807, 2.05) is 13.8 Å². The lowest BCUT2D eigenvalue weighted by Crippen LogP contribution is -2.67. The van der Waals surface area contributed by atoms with Crippen molar-refractivity contribution >= 4 is 11.6 Å². The predicted octanol–water partition coefficient (Wildman–Crippen LogP) is -1.89. The highest BCUT2D eigenvalue weighted by Gasteiger charge is 2.63. The van der Waals surface area contributed by atoms with Crippen LogP contribution in [0.3, 0.4) is 0 Å². The van der Waals surface area contributed by atoms with Gasteiger partial charge >= 0.3 is 0 Å². The first-order chi connectivity index (χ1) is 29.2. The molecule has 62 heavy (non-hydrogen) atoms. The Bertz CT molecular complexity index is 1620. The third-order valence-corrected chi connectivity index (χ3v) is 16.0. The Balaban J connectivity index is 1.08. The van der Waals surface area contributed by atoms with Gasteiger partial charge in [-0.2, -0.15) is 0 Å². The van der Waals surface area contributed by atoms with Gasteiger partial charge in [-0.25, -0.2) is 0 Å². The highest BCUT2D eigenvalue weighted by Crippen LogP contribution is 2.66. The number of fused-ring (bicyclic) bond motifs is 5. The van der Waals surface area contributed by atoms with E-state index in [2.05, 4.69) is 19.9 Å². The van der Waals surface area contributed by atoms with Gasteiger partial charge in [0, 0.05) is 31.3 Å². The van der Waals surface area contributed by atoms with E-state index in [1.54, 1.807) is 0 Å². The summed E-state index contributed by atoms with van der Waals surface area (Å²) in [6.45, 7) is 7.49. The van der Waals surface area contributed by atoms with Gasteiger partial charge in [0.1, 0.15) is 72.6 Å². The van der Waals surface area contributed by atoms with Crippen LogP contribution in [-0.4, -0.2) is 180 Å². The summed E-state index contributed by atoms with van der Waals surface area (Å²) < 4.78 is 34.8. The minimum atomic E-state index is -2.00. The monoisotopic (exact) mass is 888 g/mol. The zero-order chi connectivity index (χ0) is 45.2. The first-order valence-corrected chi connectivity index (χ1v) is 22.3. The first-order valence-electron chi connectivity index (χ1n) is 22.3. The molecular weight excluding hydrogens is 820 g/mol. The molecule has 354 valence electrons. The van der Waals surface area contributed by atoms with Crippen molar-refractivity contribution in [3.8, 4) is 0 Å². The zero-order valence-corrected chi connectivity index (χ0v) is 35.7. The molecular formula is C43H68O19. The molecule has 0 spiro atoms. The van der Waals surface area contributed by atoms with Crippen molar-refractivity contribution in [2.24, 2.45) is 46.3 Å². The molecule has 0 aromatic heterocycles. The number of Topliss-reactive ketones (excluding diaryl/α,β-unsaturated/α-hetero) is 2. The normalized spacial score (nSPS) is 50.5. The van der Waals surface area contributed by atoms with Crippen molar-refractivity contribution in [3.63, 3.8) is 0 Å². The summed E-state index contributed by atoms with van der Waals surface area (Å²) in [6.07, 6.45) is -20.0. The Hall–Kier alpha value is -1.60. The van der Waals surface area contributed by atoms with Crippen molar-refractivity contribution < 1.29 is 94.2 Å². The van der Waals surface area contributed by atoms with Gasteiger partial charge in [0.25, 0.3) is 0 Å². The minimum absolute atomic E-state index is 0.0158. The highest BCUT2D eigenvalue weighted by atomic mass is 16.8. The van der Waals surface area contributed by atoms with E-state index in [4.69, 9.17) is 28.4 Å². The lowest BCUT2D eigenvalue weighted by atomic mass is 9.47. The average Bonchev–Trinajstić information content (AvgIpc) is 3.52. The number of rotatable bonds is 13. The number of ketones is 2. The number of carbonyl (C=O) groups is 2. The summed E-state index contributed by atoms with van der Waals surface area (Å²) in [5.74, 6) is 0.164. The standard InChI is InChI=1S/C43H68O19/c1-17(15-44)5-8-24(46)18(2)27-25(47)14-23-21-7-6-19-13-20(9-11-42(19,3)22(21)10-12-43(23,27)4)57-41-36(60-40-33(53)29(49)31(51)38(56)62-40)34(54)35(26(16-45)58-41)59-39-32(52)28(48)30(50)37(55)61-39/h6,17-18,20-23,26-41,44-45,48-56H,5,7-16H2,1-4H3. The first kappa shape index (κ1) is 48.3. The SMILES string of the molecule is CC(CO)CCC(=O)C(C)C1C(=O)CC2C3CC=C4CC(OC5OC(CO)C(OC6OC(O)C(O)C(O)C6O)C(O)C5OC5OC(O)C(O)C(O)C5O)CCC4(C)C3CCC21C. The Morgan fingerprint density at radius 2 is 1.35 bits per heavy atom. The molecule has 0 amide bonds. The van der Waals surface area contributed by atoms with Crippen LogP contribution in [0.4, 0.5) is 0 Å². The van der Waals surface area contributed by atoms with Crippen molar-refractivity contribution in [2.45, 2.75) is 184 Å². The third-order valence-electron chi connectivity index (χ3n) is 16.0. The maximum Gasteiger partial charge on any atom is 0.189 e. The van der Waals surface area contributed by atoms with Crippen LogP contribution in [0.2, 0.25) is 0 Å². The van der Waals surface area contributed by atoms with Gasteiger partial charge in [0.15, 0.2) is 31.5 Å². The van der Waals surface area contributed by atoms with E-state index in [9.17, 15) is 65.8 Å². The van der Waals surface area contributed by atoms with Gasteiger partial charge in [-0.1, -0.05) is 39.3 Å². The van der Waals surface area contributed by atoms with Gasteiger partial charge in [-0.05, 0) is 79.4 Å². The van der Waals surface area contributed by atoms with Crippen molar-refractivity contribution in [1.29, 1.82) is 0 Å². The largest absolute Gasteiger partial charge is 0.396 e. The van der Waals surface area contributed by atoms with E-state index >= 15 is 0 Å². The Kier molecular flexibility index (Phi) is 14.8. The summed E-state index contributed by atoms with van der Waals surface area (Å²) in [5, 5.41) is 114. The van der Waals surface area contributed by atoms with Gasteiger partial charge < -0.3 is 84.6 Å². The summed E-state index contributed by atoms with van der Waals surface area (Å²) in [7, 11) is 0. The molecule has 4 aliphatic carbocycles. The topological polar surface area (TPSA) is 312 Å². The van der Waals surface area contributed by atoms with Crippen LogP contribution in [-0.2, 0) is 38.0 Å². The number of aliphatic hydroxyl groups is 11. The molecule has 0 aromatic carbocycles. The van der Waals surface area contributed by atoms with Crippen molar-refractivity contribution in [3.05, 3.63) is 11.6 Å². The molecule has 3 saturated heterocycles. The van der Waals surface area contributed by atoms with Crippen LogP contribution >= 0.6 is 0 Å². The van der Waals surface area contributed by atoms with E-state index in [0.717, 1.165) is 19.3 Å². The van der Waals surface area contributed by atoms with Crippen LogP contribution in [0.1, 0.15) is 85.5 Å². The number of carbonyl (C=O) groups excluding carboxylic acids is 2. The Morgan fingerprint density at radius 3 is 1.95 bits per heavy atom. The van der Waals surface area contributed by atoms with E-state index in [1.165, 1.54) is 5.57 Å². The Labute approximate surface area is 360 Å². The molecule has 0 radical (unpaired) electrons. The summed E-state index contributed by atoms with van der Waals surface area (Å²) in [4.78, 5) is 27.2. The smallest absolute Gasteiger partial charge is 0.189 e. The number of ether oxygens (including phenoxy) is 6. The number of hydrogen-bond donors (Lipinski definition) is 11. The molecule has 24 unspecified atom stereocenters.